The Morgan fingerprint density at radius 2 is 1.91 bits per heavy atom. The molecule has 4 rings (SSSR count). The third kappa shape index (κ3) is 5.81. The van der Waals surface area contributed by atoms with Gasteiger partial charge >= 0.3 is 0 Å². The highest BCUT2D eigenvalue weighted by Gasteiger charge is 2.23. The van der Waals surface area contributed by atoms with E-state index in [1.165, 1.54) is 23.5 Å². The lowest BCUT2D eigenvalue weighted by atomic mass is 10.2. The molecule has 1 aliphatic heterocycles. The van der Waals surface area contributed by atoms with E-state index in [1.54, 1.807) is 24.0 Å². The van der Waals surface area contributed by atoms with Crippen LogP contribution in [0.1, 0.15) is 23.7 Å². The van der Waals surface area contributed by atoms with Crippen molar-refractivity contribution in [1.29, 1.82) is 0 Å². The second-order valence-corrected chi connectivity index (χ2v) is 12.0. The van der Waals surface area contributed by atoms with E-state index >= 15 is 0 Å². The van der Waals surface area contributed by atoms with Gasteiger partial charge in [-0.1, -0.05) is 34.2 Å². The van der Waals surface area contributed by atoms with Crippen LogP contribution < -0.4 is 4.90 Å². The van der Waals surface area contributed by atoms with E-state index < -0.39 is 9.84 Å². The molecule has 1 amide bonds. The van der Waals surface area contributed by atoms with E-state index in [0.717, 1.165) is 54.0 Å². The number of carbonyl (C=O) groups excluding carboxylic acids is 1. The first-order valence-electron chi connectivity index (χ1n) is 10.9. The van der Waals surface area contributed by atoms with E-state index in [-0.39, 0.29) is 16.6 Å². The van der Waals surface area contributed by atoms with Crippen LogP contribution in [0.5, 0.6) is 0 Å². The number of nitrogens with zero attached hydrogens (tertiary/aromatic N) is 3. The molecule has 1 aromatic heterocycles. The Morgan fingerprint density at radius 3 is 2.61 bits per heavy atom. The lowest BCUT2D eigenvalue weighted by molar-refractivity contribution is 0.0376. The molecule has 0 saturated carbocycles. The zero-order valence-corrected chi connectivity index (χ0v) is 21.6. The summed E-state index contributed by atoms with van der Waals surface area (Å²) in [6.07, 6.45) is 0.799. The molecule has 0 N–H and O–H groups in total. The van der Waals surface area contributed by atoms with Crippen LogP contribution in [0.15, 0.2) is 51.8 Å². The minimum atomic E-state index is -3.32. The normalized spacial score (nSPS) is 15.1. The predicted octanol–water partition coefficient (Wildman–Crippen LogP) is 4.22. The van der Waals surface area contributed by atoms with Crippen LogP contribution in [0.3, 0.4) is 0 Å². The number of ether oxygens (including phenoxy) is 1. The Bertz CT molecular complexity index is 1220. The number of halogens is 1. The minimum absolute atomic E-state index is 0.0230. The molecule has 176 valence electrons. The zero-order chi connectivity index (χ0) is 23.4. The van der Waals surface area contributed by atoms with Crippen molar-refractivity contribution >= 4 is 58.4 Å². The number of benzene rings is 2. The number of hydrogen-bond donors (Lipinski definition) is 0. The average molecular weight is 553 g/mol. The smallest absolute Gasteiger partial charge is 0.260 e. The fraction of sp³-hybridized carbons (Fsp3) is 0.391. The Balaban J connectivity index is 1.58. The van der Waals surface area contributed by atoms with Crippen LogP contribution in [-0.2, 0) is 14.6 Å². The molecule has 0 spiro atoms. The maximum atomic E-state index is 13.5. The molecule has 10 heteroatoms. The summed E-state index contributed by atoms with van der Waals surface area (Å²) in [5, 5.41) is 0.639. The Labute approximate surface area is 206 Å². The van der Waals surface area contributed by atoms with Gasteiger partial charge in [-0.25, -0.2) is 13.4 Å². The molecule has 0 aliphatic carbocycles. The molecule has 1 aliphatic rings. The van der Waals surface area contributed by atoms with Crippen molar-refractivity contribution in [2.24, 2.45) is 0 Å². The summed E-state index contributed by atoms with van der Waals surface area (Å²) in [6.45, 7) is 6.28. The van der Waals surface area contributed by atoms with Crippen LogP contribution >= 0.6 is 27.3 Å². The van der Waals surface area contributed by atoms with Crippen molar-refractivity contribution in [3.05, 3.63) is 52.5 Å². The highest BCUT2D eigenvalue weighted by molar-refractivity contribution is 9.10. The predicted molar refractivity (Wildman–Crippen MR) is 135 cm³/mol. The van der Waals surface area contributed by atoms with E-state index in [0.29, 0.717) is 17.2 Å². The monoisotopic (exact) mass is 551 g/mol. The van der Waals surface area contributed by atoms with Gasteiger partial charge in [0.15, 0.2) is 15.0 Å². The number of morpholine rings is 1. The number of fused-ring (bicyclic) bond motifs is 1. The molecular formula is C23H26BrN3O4S2. The van der Waals surface area contributed by atoms with Crippen molar-refractivity contribution in [1.82, 2.24) is 9.88 Å². The summed E-state index contributed by atoms with van der Waals surface area (Å²) in [5.41, 5.74) is 1.28. The van der Waals surface area contributed by atoms with E-state index in [4.69, 9.17) is 9.72 Å². The lowest BCUT2D eigenvalue weighted by Gasteiger charge is -2.27. The number of sulfone groups is 1. The molecule has 0 radical (unpaired) electrons. The summed E-state index contributed by atoms with van der Waals surface area (Å²) in [7, 11) is -3.32. The Morgan fingerprint density at radius 1 is 1.18 bits per heavy atom. The first-order chi connectivity index (χ1) is 15.9. The summed E-state index contributed by atoms with van der Waals surface area (Å²) in [4.78, 5) is 22.5. The summed E-state index contributed by atoms with van der Waals surface area (Å²) < 4.78 is 31.6. The minimum Gasteiger partial charge on any atom is -0.379 e. The Hall–Kier alpha value is -1.85. The maximum absolute atomic E-state index is 13.5. The van der Waals surface area contributed by atoms with Crippen LogP contribution in [0.4, 0.5) is 5.13 Å². The Kier molecular flexibility index (Phi) is 7.80. The van der Waals surface area contributed by atoms with Gasteiger partial charge in [-0.15, -0.1) is 0 Å². The van der Waals surface area contributed by atoms with Crippen molar-refractivity contribution in [3.8, 4) is 0 Å². The van der Waals surface area contributed by atoms with Gasteiger partial charge in [-0.2, -0.15) is 0 Å². The topological polar surface area (TPSA) is 79.8 Å². The highest BCUT2D eigenvalue weighted by Crippen LogP contribution is 2.32. The number of carbonyl (C=O) groups is 1. The summed E-state index contributed by atoms with van der Waals surface area (Å²) >= 11 is 4.97. The summed E-state index contributed by atoms with van der Waals surface area (Å²) in [6, 6.07) is 12.1. The zero-order valence-electron chi connectivity index (χ0n) is 18.4. The lowest BCUT2D eigenvalue weighted by Crippen LogP contribution is -2.39. The molecular weight excluding hydrogens is 526 g/mol. The van der Waals surface area contributed by atoms with Crippen molar-refractivity contribution in [2.45, 2.75) is 18.2 Å². The molecule has 3 aromatic rings. The van der Waals surface area contributed by atoms with E-state index in [1.807, 2.05) is 18.2 Å². The molecule has 2 aromatic carbocycles. The molecule has 7 nitrogen and oxygen atoms in total. The van der Waals surface area contributed by atoms with Crippen molar-refractivity contribution < 1.29 is 17.9 Å². The first kappa shape index (κ1) is 24.3. The van der Waals surface area contributed by atoms with Gasteiger partial charge in [-0.05, 0) is 48.9 Å². The molecule has 33 heavy (non-hydrogen) atoms. The second-order valence-electron chi connectivity index (χ2n) is 7.80. The van der Waals surface area contributed by atoms with Gasteiger partial charge in [0.2, 0.25) is 0 Å². The fourth-order valence-corrected chi connectivity index (χ4v) is 6.12. The molecule has 0 atom stereocenters. The number of amides is 1. The van der Waals surface area contributed by atoms with Gasteiger partial charge in [0, 0.05) is 36.2 Å². The fourth-order valence-electron chi connectivity index (χ4n) is 3.69. The molecule has 0 bridgehead atoms. The third-order valence-electron chi connectivity index (χ3n) is 5.62. The van der Waals surface area contributed by atoms with Crippen LogP contribution in [0.25, 0.3) is 10.2 Å². The van der Waals surface area contributed by atoms with Gasteiger partial charge in [0.25, 0.3) is 5.91 Å². The van der Waals surface area contributed by atoms with Gasteiger partial charge in [-0.3, -0.25) is 14.6 Å². The third-order valence-corrected chi connectivity index (χ3v) is 8.90. The van der Waals surface area contributed by atoms with Crippen LogP contribution in [-0.4, -0.2) is 69.4 Å². The van der Waals surface area contributed by atoms with E-state index in [2.05, 4.69) is 20.8 Å². The maximum Gasteiger partial charge on any atom is 0.260 e. The van der Waals surface area contributed by atoms with Gasteiger partial charge in [0.05, 0.1) is 34.1 Å². The average Bonchev–Trinajstić information content (AvgIpc) is 3.25. The van der Waals surface area contributed by atoms with Crippen LogP contribution in [0.2, 0.25) is 0 Å². The van der Waals surface area contributed by atoms with Gasteiger partial charge in [0.1, 0.15) is 0 Å². The standard InChI is InChI=1S/C23H26BrN3O4S2/c1-2-33(29,30)19-7-4-17(5-8-19)22(28)27(11-3-10-26-12-14-31-15-13-26)23-25-20-9-6-18(24)16-21(20)32-23/h4-9,16H,2-3,10-15H2,1H3. The quantitative estimate of drug-likeness (QED) is 0.417. The largest absolute Gasteiger partial charge is 0.379 e. The van der Waals surface area contributed by atoms with Gasteiger partial charge < -0.3 is 4.74 Å². The molecule has 1 fully saturated rings. The first-order valence-corrected chi connectivity index (χ1v) is 14.1. The molecule has 1 saturated heterocycles. The van der Waals surface area contributed by atoms with E-state index in [9.17, 15) is 13.2 Å². The number of thiazole rings is 1. The number of anilines is 1. The van der Waals surface area contributed by atoms with Crippen LogP contribution in [0, 0.1) is 0 Å². The number of hydrogen-bond acceptors (Lipinski definition) is 7. The molecule has 0 unspecified atom stereocenters. The van der Waals surface area contributed by atoms with Crippen molar-refractivity contribution in [3.63, 3.8) is 0 Å². The van der Waals surface area contributed by atoms with Crippen molar-refractivity contribution in [2.75, 3.05) is 50.0 Å². The molecule has 2 heterocycles. The second kappa shape index (κ2) is 10.6. The number of rotatable bonds is 8. The number of aromatic nitrogens is 1. The highest BCUT2D eigenvalue weighted by atomic mass is 79.9. The summed E-state index contributed by atoms with van der Waals surface area (Å²) in [5.74, 6) is -0.162. The SMILES string of the molecule is CCS(=O)(=O)c1ccc(C(=O)N(CCCN2CCOCC2)c2nc3ccc(Br)cc3s2)cc1.